The third-order valence-corrected chi connectivity index (χ3v) is 3.28. The Hall–Kier alpha value is -2.14. The molecule has 0 unspecified atom stereocenters. The molecule has 2 aromatic rings. The Balaban J connectivity index is 2.00. The highest BCUT2D eigenvalue weighted by Gasteiger charge is 2.12. The molecule has 0 amide bonds. The summed E-state index contributed by atoms with van der Waals surface area (Å²) in [5.41, 5.74) is 1.26. The quantitative estimate of drug-likeness (QED) is 0.459. The molecular weight excluding hydrogens is 297 g/mol. The minimum atomic E-state index is -0.490. The molecule has 0 spiro atoms. The summed E-state index contributed by atoms with van der Waals surface area (Å²) in [5.74, 6) is -0.147. The second-order valence-corrected chi connectivity index (χ2v) is 4.65. The Morgan fingerprint density at radius 2 is 2.00 bits per heavy atom. The standard InChI is InChI=1S/C15H13ClFNO3/c16-10-11-5-6-15(13(17)9-11)21-8-7-12-3-1-2-4-14(12)18(19)20/h1-6,9H,7-8,10H2. The third-order valence-electron chi connectivity index (χ3n) is 2.97. The van der Waals surface area contributed by atoms with Crippen molar-refractivity contribution in [2.45, 2.75) is 12.3 Å². The molecule has 0 aliphatic heterocycles. The minimum absolute atomic E-state index is 0.0408. The van der Waals surface area contributed by atoms with Gasteiger partial charge in [-0.2, -0.15) is 0 Å². The van der Waals surface area contributed by atoms with E-state index in [0.29, 0.717) is 17.5 Å². The molecule has 0 radical (unpaired) electrons. The Morgan fingerprint density at radius 3 is 2.67 bits per heavy atom. The molecule has 6 heteroatoms. The normalized spacial score (nSPS) is 10.4. The Bertz CT molecular complexity index is 649. The summed E-state index contributed by atoms with van der Waals surface area (Å²) in [6.45, 7) is 0.155. The zero-order chi connectivity index (χ0) is 15.2. The van der Waals surface area contributed by atoms with Crippen molar-refractivity contribution in [2.75, 3.05) is 6.61 Å². The predicted molar refractivity (Wildman–Crippen MR) is 78.3 cm³/mol. The second kappa shape index (κ2) is 7.04. The van der Waals surface area contributed by atoms with Crippen LogP contribution in [0.4, 0.5) is 10.1 Å². The molecule has 0 fully saturated rings. The summed E-state index contributed by atoms with van der Waals surface area (Å²) in [4.78, 5) is 10.4. The molecule has 0 N–H and O–H groups in total. The first-order chi connectivity index (χ1) is 10.1. The van der Waals surface area contributed by atoms with E-state index in [4.69, 9.17) is 16.3 Å². The number of nitrogens with zero attached hydrogens (tertiary/aromatic N) is 1. The third kappa shape index (κ3) is 3.92. The highest BCUT2D eigenvalue weighted by atomic mass is 35.5. The van der Waals surface area contributed by atoms with Gasteiger partial charge in [0.2, 0.25) is 0 Å². The molecule has 2 rings (SSSR count). The van der Waals surface area contributed by atoms with E-state index in [1.54, 1.807) is 24.3 Å². The van der Waals surface area contributed by atoms with Crippen LogP contribution in [-0.4, -0.2) is 11.5 Å². The predicted octanol–water partition coefficient (Wildman–Crippen LogP) is 4.09. The van der Waals surface area contributed by atoms with Gasteiger partial charge in [-0.05, 0) is 17.7 Å². The largest absolute Gasteiger partial charge is 0.490 e. The van der Waals surface area contributed by atoms with Gasteiger partial charge in [0.05, 0.1) is 11.5 Å². The van der Waals surface area contributed by atoms with Crippen molar-refractivity contribution in [3.05, 3.63) is 69.5 Å². The molecule has 0 bridgehead atoms. The Morgan fingerprint density at radius 1 is 1.24 bits per heavy atom. The number of halogens is 2. The van der Waals surface area contributed by atoms with Crippen molar-refractivity contribution >= 4 is 17.3 Å². The van der Waals surface area contributed by atoms with Crippen molar-refractivity contribution in [1.82, 2.24) is 0 Å². The van der Waals surface area contributed by atoms with Crippen LogP contribution in [0.3, 0.4) is 0 Å². The summed E-state index contributed by atoms with van der Waals surface area (Å²) in [6.07, 6.45) is 0.327. The van der Waals surface area contributed by atoms with Crippen molar-refractivity contribution < 1.29 is 14.1 Å². The lowest BCUT2D eigenvalue weighted by Crippen LogP contribution is -2.05. The van der Waals surface area contributed by atoms with E-state index in [9.17, 15) is 14.5 Å². The van der Waals surface area contributed by atoms with Gasteiger partial charge in [-0.3, -0.25) is 10.1 Å². The highest BCUT2D eigenvalue weighted by molar-refractivity contribution is 6.17. The van der Waals surface area contributed by atoms with Gasteiger partial charge in [-0.1, -0.05) is 24.3 Å². The molecule has 0 aliphatic rings. The van der Waals surface area contributed by atoms with Crippen LogP contribution in [0, 0.1) is 15.9 Å². The van der Waals surface area contributed by atoms with Gasteiger partial charge in [0, 0.05) is 23.9 Å². The number of nitro groups is 1. The smallest absolute Gasteiger partial charge is 0.272 e. The molecule has 2 aromatic carbocycles. The van der Waals surface area contributed by atoms with Gasteiger partial charge in [0.15, 0.2) is 11.6 Å². The number of hydrogen-bond donors (Lipinski definition) is 0. The van der Waals surface area contributed by atoms with Crippen molar-refractivity contribution in [1.29, 1.82) is 0 Å². The van der Waals surface area contributed by atoms with E-state index < -0.39 is 10.7 Å². The number of benzene rings is 2. The van der Waals surface area contributed by atoms with E-state index in [0.717, 1.165) is 0 Å². The number of alkyl halides is 1. The van der Waals surface area contributed by atoms with Crippen molar-refractivity contribution in [3.63, 3.8) is 0 Å². The van der Waals surface area contributed by atoms with E-state index in [2.05, 4.69) is 0 Å². The molecular formula is C15H13ClFNO3. The van der Waals surface area contributed by atoms with Gasteiger partial charge in [0.25, 0.3) is 5.69 Å². The lowest BCUT2D eigenvalue weighted by atomic mass is 10.1. The first-order valence-electron chi connectivity index (χ1n) is 6.31. The van der Waals surface area contributed by atoms with Gasteiger partial charge in [-0.25, -0.2) is 4.39 Å². The first-order valence-corrected chi connectivity index (χ1v) is 6.84. The molecule has 110 valence electrons. The van der Waals surface area contributed by atoms with Crippen molar-refractivity contribution in [3.8, 4) is 5.75 Å². The average Bonchev–Trinajstić information content (AvgIpc) is 2.49. The summed E-state index contributed by atoms with van der Waals surface area (Å²) < 4.78 is 19.0. The van der Waals surface area contributed by atoms with E-state index in [1.807, 2.05) is 0 Å². The van der Waals surface area contributed by atoms with Gasteiger partial charge in [0.1, 0.15) is 0 Å². The molecule has 0 aliphatic carbocycles. The van der Waals surface area contributed by atoms with Crippen LogP contribution in [0.25, 0.3) is 0 Å². The van der Waals surface area contributed by atoms with Gasteiger partial charge < -0.3 is 4.74 Å². The van der Waals surface area contributed by atoms with Crippen LogP contribution in [0.15, 0.2) is 42.5 Å². The Labute approximate surface area is 126 Å². The summed E-state index contributed by atoms with van der Waals surface area (Å²) in [7, 11) is 0. The maximum atomic E-state index is 13.7. The van der Waals surface area contributed by atoms with Crippen molar-refractivity contribution in [2.24, 2.45) is 0 Å². The zero-order valence-corrected chi connectivity index (χ0v) is 11.8. The Kier molecular flexibility index (Phi) is 5.11. The molecule has 0 saturated heterocycles. The SMILES string of the molecule is O=[N+]([O-])c1ccccc1CCOc1ccc(CCl)cc1F. The maximum Gasteiger partial charge on any atom is 0.272 e. The lowest BCUT2D eigenvalue weighted by molar-refractivity contribution is -0.385. The van der Waals surface area contributed by atoms with Crippen LogP contribution in [-0.2, 0) is 12.3 Å². The van der Waals surface area contributed by atoms with E-state index in [-0.39, 0.29) is 23.9 Å². The molecule has 0 atom stereocenters. The van der Waals surface area contributed by atoms with E-state index in [1.165, 1.54) is 18.2 Å². The van der Waals surface area contributed by atoms with Crippen LogP contribution in [0.2, 0.25) is 0 Å². The second-order valence-electron chi connectivity index (χ2n) is 4.38. The number of nitro benzene ring substituents is 1. The topological polar surface area (TPSA) is 52.4 Å². The molecule has 0 saturated carbocycles. The van der Waals surface area contributed by atoms with Crippen LogP contribution >= 0.6 is 11.6 Å². The number of hydrogen-bond acceptors (Lipinski definition) is 3. The molecule has 4 nitrogen and oxygen atoms in total. The fourth-order valence-electron chi connectivity index (χ4n) is 1.92. The number of ether oxygens (including phenoxy) is 1. The molecule has 21 heavy (non-hydrogen) atoms. The average molecular weight is 310 g/mol. The fourth-order valence-corrected chi connectivity index (χ4v) is 2.08. The number of para-hydroxylation sites is 1. The highest BCUT2D eigenvalue weighted by Crippen LogP contribution is 2.21. The summed E-state index contributed by atoms with van der Waals surface area (Å²) in [6, 6.07) is 10.9. The van der Waals surface area contributed by atoms with Crippen LogP contribution in [0.5, 0.6) is 5.75 Å². The monoisotopic (exact) mass is 309 g/mol. The van der Waals surface area contributed by atoms with Crippen LogP contribution in [0.1, 0.15) is 11.1 Å². The minimum Gasteiger partial charge on any atom is -0.490 e. The maximum absolute atomic E-state index is 13.7. The van der Waals surface area contributed by atoms with Crippen LogP contribution < -0.4 is 4.74 Å². The number of rotatable bonds is 6. The lowest BCUT2D eigenvalue weighted by Gasteiger charge is -2.08. The van der Waals surface area contributed by atoms with Gasteiger partial charge in [-0.15, -0.1) is 11.6 Å². The summed E-state index contributed by atoms with van der Waals surface area (Å²) >= 11 is 5.61. The zero-order valence-electron chi connectivity index (χ0n) is 11.1. The summed E-state index contributed by atoms with van der Waals surface area (Å²) in [5, 5.41) is 10.9. The molecule has 0 heterocycles. The van der Waals surface area contributed by atoms with Gasteiger partial charge >= 0.3 is 0 Å². The van der Waals surface area contributed by atoms with E-state index >= 15 is 0 Å². The molecule has 0 aromatic heterocycles. The fraction of sp³-hybridized carbons (Fsp3) is 0.200. The first kappa shape index (κ1) is 15.3.